The quantitative estimate of drug-likeness (QED) is 0.654. The highest BCUT2D eigenvalue weighted by Gasteiger charge is 2.03. The molecule has 1 N–H and O–H groups in total. The molecule has 11 heavy (non-hydrogen) atoms. The van der Waals surface area contributed by atoms with E-state index in [-0.39, 0.29) is 6.10 Å². The molecule has 0 bridgehead atoms. The molecule has 0 radical (unpaired) electrons. The van der Waals surface area contributed by atoms with Gasteiger partial charge in [-0.2, -0.15) is 0 Å². The van der Waals surface area contributed by atoms with Crippen LogP contribution in [0.25, 0.3) is 0 Å². The van der Waals surface area contributed by atoms with Crippen molar-refractivity contribution >= 4 is 38.5 Å². The summed E-state index contributed by atoms with van der Waals surface area (Å²) in [5, 5.41) is 9.40. The molecule has 1 aromatic rings. The van der Waals surface area contributed by atoms with Crippen molar-refractivity contribution in [2.45, 2.75) is 6.10 Å². The molecule has 1 unspecified atom stereocenters. The van der Waals surface area contributed by atoms with E-state index in [1.165, 1.54) is 0 Å². The van der Waals surface area contributed by atoms with Crippen molar-refractivity contribution in [3.63, 3.8) is 0 Å². The Bertz CT molecular complexity index is 222. The Balaban J connectivity index is 2.81. The zero-order valence-electron chi connectivity index (χ0n) is 5.80. The average Bonchev–Trinajstić information content (AvgIpc) is 2.05. The number of halogens is 2. The minimum absolute atomic E-state index is 0.330. The summed E-state index contributed by atoms with van der Waals surface area (Å²) in [7, 11) is 0. The van der Waals surface area contributed by atoms with Crippen molar-refractivity contribution in [1.29, 1.82) is 0 Å². The van der Waals surface area contributed by atoms with Gasteiger partial charge in [-0.1, -0.05) is 50.7 Å². The molecule has 0 aromatic heterocycles. The Morgan fingerprint density at radius 2 is 1.91 bits per heavy atom. The van der Waals surface area contributed by atoms with E-state index in [2.05, 4.69) is 38.5 Å². The van der Waals surface area contributed by atoms with Crippen molar-refractivity contribution in [1.82, 2.24) is 0 Å². The molecule has 0 fully saturated rings. The van der Waals surface area contributed by atoms with E-state index in [4.69, 9.17) is 0 Å². The number of aliphatic hydroxyl groups is 1. The molecule has 0 aliphatic heterocycles. The topological polar surface area (TPSA) is 20.2 Å². The van der Waals surface area contributed by atoms with Gasteiger partial charge in [-0.25, -0.2) is 0 Å². The van der Waals surface area contributed by atoms with Crippen molar-refractivity contribution < 1.29 is 5.11 Å². The Kier molecular flexibility index (Phi) is 3.81. The number of hydrogen-bond acceptors (Lipinski definition) is 1. The Morgan fingerprint density at radius 1 is 1.36 bits per heavy atom. The van der Waals surface area contributed by atoms with Crippen LogP contribution in [0.5, 0.6) is 0 Å². The minimum atomic E-state index is -0.330. The fraction of sp³-hybridized carbons (Fsp3) is 0.250. The lowest BCUT2D eigenvalue weighted by Gasteiger charge is -2.05. The predicted molar refractivity (Wildman–Crippen MR) is 58.0 cm³/mol. The first kappa shape index (κ1) is 9.48. The van der Waals surface area contributed by atoms with Crippen molar-refractivity contribution in [2.75, 3.05) is 4.43 Å². The monoisotopic (exact) mass is 326 g/mol. The molecule has 1 nitrogen and oxygen atoms in total. The molecule has 0 spiro atoms. The van der Waals surface area contributed by atoms with Gasteiger partial charge in [0.05, 0.1) is 6.10 Å². The molecule has 3 heteroatoms. The number of rotatable bonds is 2. The van der Waals surface area contributed by atoms with Gasteiger partial charge in [0.25, 0.3) is 0 Å². The summed E-state index contributed by atoms with van der Waals surface area (Å²) in [6.07, 6.45) is -0.330. The van der Waals surface area contributed by atoms with E-state index in [0.717, 1.165) is 14.5 Å². The van der Waals surface area contributed by atoms with Crippen LogP contribution in [-0.2, 0) is 0 Å². The van der Waals surface area contributed by atoms with Gasteiger partial charge in [0, 0.05) is 8.90 Å². The largest absolute Gasteiger partial charge is 0.388 e. The van der Waals surface area contributed by atoms with E-state index < -0.39 is 0 Å². The van der Waals surface area contributed by atoms with E-state index in [1.54, 1.807) is 0 Å². The first-order chi connectivity index (χ1) is 5.24. The van der Waals surface area contributed by atoms with Gasteiger partial charge >= 0.3 is 0 Å². The highest BCUT2D eigenvalue weighted by atomic mass is 127. The van der Waals surface area contributed by atoms with Crippen LogP contribution in [-0.4, -0.2) is 9.53 Å². The third-order valence-corrected chi connectivity index (χ3v) is 2.76. The molecule has 0 heterocycles. The van der Waals surface area contributed by atoms with E-state index in [0.29, 0.717) is 0 Å². The second kappa shape index (κ2) is 4.42. The van der Waals surface area contributed by atoms with Crippen molar-refractivity contribution in [3.8, 4) is 0 Å². The Morgan fingerprint density at radius 3 is 2.36 bits per heavy atom. The highest BCUT2D eigenvalue weighted by Crippen LogP contribution is 2.17. The molecule has 0 saturated carbocycles. The van der Waals surface area contributed by atoms with Crippen LogP contribution in [0.15, 0.2) is 28.7 Å². The molecule has 1 atom stereocenters. The SMILES string of the molecule is OC(CI)c1ccc(Br)cc1. The van der Waals surface area contributed by atoms with Gasteiger partial charge in [-0.3, -0.25) is 0 Å². The normalized spacial score (nSPS) is 13.0. The third-order valence-electron chi connectivity index (χ3n) is 1.40. The first-order valence-corrected chi connectivity index (χ1v) is 5.55. The molecule has 1 aromatic carbocycles. The fourth-order valence-electron chi connectivity index (χ4n) is 0.774. The predicted octanol–water partition coefficient (Wildman–Crippen LogP) is 2.92. The van der Waals surface area contributed by atoms with Crippen molar-refractivity contribution in [2.24, 2.45) is 0 Å². The van der Waals surface area contributed by atoms with Crippen LogP contribution in [0.2, 0.25) is 0 Å². The maximum atomic E-state index is 9.40. The smallest absolute Gasteiger partial charge is 0.0879 e. The van der Waals surface area contributed by atoms with Gasteiger partial charge in [0.2, 0.25) is 0 Å². The lowest BCUT2D eigenvalue weighted by molar-refractivity contribution is 0.207. The maximum Gasteiger partial charge on any atom is 0.0879 e. The molecular weight excluding hydrogens is 319 g/mol. The highest BCUT2D eigenvalue weighted by molar-refractivity contribution is 14.1. The molecule has 0 aliphatic rings. The second-order valence-electron chi connectivity index (χ2n) is 2.22. The summed E-state index contributed by atoms with van der Waals surface area (Å²) in [6, 6.07) is 7.72. The third kappa shape index (κ3) is 2.72. The molecule has 1 rings (SSSR count). The fourth-order valence-corrected chi connectivity index (χ4v) is 1.55. The van der Waals surface area contributed by atoms with E-state index in [1.807, 2.05) is 24.3 Å². The minimum Gasteiger partial charge on any atom is -0.388 e. The lowest BCUT2D eigenvalue weighted by Crippen LogP contribution is -1.96. The second-order valence-corrected chi connectivity index (χ2v) is 4.02. The molecule has 0 aliphatic carbocycles. The summed E-state index contributed by atoms with van der Waals surface area (Å²) >= 11 is 5.50. The van der Waals surface area contributed by atoms with E-state index in [9.17, 15) is 5.11 Å². The first-order valence-electron chi connectivity index (χ1n) is 3.23. The molecule has 0 amide bonds. The van der Waals surface area contributed by atoms with Crippen LogP contribution in [0.4, 0.5) is 0 Å². The molecule has 60 valence electrons. The molecule has 0 saturated heterocycles. The maximum absolute atomic E-state index is 9.40. The Labute approximate surface area is 88.1 Å². The molecular formula is C8H8BrIO. The number of aliphatic hydroxyl groups excluding tert-OH is 1. The van der Waals surface area contributed by atoms with Crippen LogP contribution < -0.4 is 0 Å². The zero-order chi connectivity index (χ0) is 8.27. The summed E-state index contributed by atoms with van der Waals surface area (Å²) in [4.78, 5) is 0. The number of alkyl halides is 1. The Hall–Kier alpha value is 0.390. The van der Waals surface area contributed by atoms with Crippen molar-refractivity contribution in [3.05, 3.63) is 34.3 Å². The van der Waals surface area contributed by atoms with Crippen LogP contribution in [0.3, 0.4) is 0 Å². The van der Waals surface area contributed by atoms with Crippen LogP contribution in [0, 0.1) is 0 Å². The summed E-state index contributed by atoms with van der Waals surface area (Å²) in [5.41, 5.74) is 0.975. The van der Waals surface area contributed by atoms with Gasteiger partial charge in [-0.05, 0) is 17.7 Å². The zero-order valence-corrected chi connectivity index (χ0v) is 9.54. The van der Waals surface area contributed by atoms with Gasteiger partial charge in [0.1, 0.15) is 0 Å². The van der Waals surface area contributed by atoms with Gasteiger partial charge in [0.15, 0.2) is 0 Å². The lowest BCUT2D eigenvalue weighted by atomic mass is 10.1. The average molecular weight is 327 g/mol. The summed E-state index contributed by atoms with van der Waals surface area (Å²) < 4.78 is 1.78. The van der Waals surface area contributed by atoms with Crippen LogP contribution in [0.1, 0.15) is 11.7 Å². The van der Waals surface area contributed by atoms with Gasteiger partial charge in [-0.15, -0.1) is 0 Å². The van der Waals surface area contributed by atoms with Gasteiger partial charge < -0.3 is 5.11 Å². The standard InChI is InChI=1S/C8H8BrIO/c9-7-3-1-6(2-4-7)8(11)5-10/h1-4,8,11H,5H2. The summed E-state index contributed by atoms with van der Waals surface area (Å²) in [6.45, 7) is 0. The summed E-state index contributed by atoms with van der Waals surface area (Å²) in [5.74, 6) is 0. The number of benzene rings is 1. The number of hydrogen-bond donors (Lipinski definition) is 1. The van der Waals surface area contributed by atoms with Crippen LogP contribution >= 0.6 is 38.5 Å². The van der Waals surface area contributed by atoms with E-state index >= 15 is 0 Å².